The van der Waals surface area contributed by atoms with E-state index in [0.29, 0.717) is 18.9 Å². The maximum absolute atomic E-state index is 12.7. The van der Waals surface area contributed by atoms with Gasteiger partial charge in [-0.1, -0.05) is 6.08 Å². The second-order valence-corrected chi connectivity index (χ2v) is 4.28. The zero-order chi connectivity index (χ0) is 14.3. The number of hydrogen-bond acceptors (Lipinski definition) is 2. The zero-order valence-corrected chi connectivity index (χ0v) is 11.2. The molecule has 0 fully saturated rings. The molecule has 0 saturated heterocycles. The molecule has 4 nitrogen and oxygen atoms in total. The molecule has 1 atom stereocenters. The van der Waals surface area contributed by atoms with Crippen molar-refractivity contribution in [1.82, 2.24) is 10.2 Å². The predicted octanol–water partition coefficient (Wildman–Crippen LogP) is 2.42. The van der Waals surface area contributed by atoms with Crippen LogP contribution in [0.15, 0.2) is 36.9 Å². The van der Waals surface area contributed by atoms with Crippen LogP contribution in [0.5, 0.6) is 5.75 Å². The number of urea groups is 1. The second-order valence-electron chi connectivity index (χ2n) is 4.28. The molecule has 19 heavy (non-hydrogen) atoms. The number of carbonyl (C=O) groups excluding carboxylic acids is 1. The van der Waals surface area contributed by atoms with Crippen molar-refractivity contribution in [3.05, 3.63) is 42.7 Å². The lowest BCUT2D eigenvalue weighted by atomic mass is 10.3. The molecule has 2 amide bonds. The van der Waals surface area contributed by atoms with E-state index < -0.39 is 0 Å². The lowest BCUT2D eigenvalue weighted by Crippen LogP contribution is -2.44. The van der Waals surface area contributed by atoms with Crippen LogP contribution in [0.4, 0.5) is 9.18 Å². The van der Waals surface area contributed by atoms with Gasteiger partial charge in [-0.25, -0.2) is 9.18 Å². The molecule has 0 aliphatic carbocycles. The molecular formula is C14H19FN2O2. The van der Waals surface area contributed by atoms with Crippen LogP contribution in [0.2, 0.25) is 0 Å². The number of carbonyl (C=O) groups is 1. The molecule has 1 rings (SSSR count). The van der Waals surface area contributed by atoms with E-state index >= 15 is 0 Å². The molecular weight excluding hydrogens is 247 g/mol. The molecule has 0 aliphatic rings. The van der Waals surface area contributed by atoms with Crippen LogP contribution in [0.25, 0.3) is 0 Å². The van der Waals surface area contributed by atoms with E-state index in [1.807, 2.05) is 6.92 Å². The minimum absolute atomic E-state index is 0.148. The van der Waals surface area contributed by atoms with Crippen LogP contribution in [-0.4, -0.2) is 37.2 Å². The first-order valence-corrected chi connectivity index (χ1v) is 6.04. The van der Waals surface area contributed by atoms with Gasteiger partial charge in [-0.3, -0.25) is 0 Å². The van der Waals surface area contributed by atoms with Gasteiger partial charge in [0.15, 0.2) is 0 Å². The van der Waals surface area contributed by atoms with E-state index in [9.17, 15) is 9.18 Å². The van der Waals surface area contributed by atoms with Crippen LogP contribution < -0.4 is 10.1 Å². The van der Waals surface area contributed by atoms with Gasteiger partial charge in [0, 0.05) is 13.6 Å². The summed E-state index contributed by atoms with van der Waals surface area (Å²) in [5, 5.41) is 2.79. The Balaban J connectivity index is 2.35. The van der Waals surface area contributed by atoms with Crippen molar-refractivity contribution < 1.29 is 13.9 Å². The standard InChI is InChI=1S/C14H19FN2O2/c1-4-9-17(3)14(18)16-11(2)10-19-13-7-5-12(15)6-8-13/h4-8,11H,1,9-10H2,2-3H3,(H,16,18)/t11-/m0/s1. The van der Waals surface area contributed by atoms with Crippen molar-refractivity contribution >= 4 is 6.03 Å². The van der Waals surface area contributed by atoms with Gasteiger partial charge >= 0.3 is 6.03 Å². The summed E-state index contributed by atoms with van der Waals surface area (Å²) in [6.45, 7) is 6.21. The summed E-state index contributed by atoms with van der Waals surface area (Å²) in [5.74, 6) is 0.265. The highest BCUT2D eigenvalue weighted by Crippen LogP contribution is 2.11. The quantitative estimate of drug-likeness (QED) is 0.803. The van der Waals surface area contributed by atoms with Gasteiger partial charge in [0.05, 0.1) is 6.04 Å². The van der Waals surface area contributed by atoms with Gasteiger partial charge in [-0.05, 0) is 31.2 Å². The number of hydrogen-bond donors (Lipinski definition) is 1. The van der Waals surface area contributed by atoms with Crippen molar-refractivity contribution in [2.45, 2.75) is 13.0 Å². The molecule has 0 aromatic heterocycles. The van der Waals surface area contributed by atoms with Crippen molar-refractivity contribution in [2.24, 2.45) is 0 Å². The van der Waals surface area contributed by atoms with E-state index in [1.165, 1.54) is 17.0 Å². The molecule has 5 heteroatoms. The number of benzene rings is 1. The SMILES string of the molecule is C=CCN(C)C(=O)N[C@@H](C)COc1ccc(F)cc1. The van der Waals surface area contributed by atoms with E-state index in [4.69, 9.17) is 4.74 Å². The maximum Gasteiger partial charge on any atom is 0.317 e. The molecule has 0 saturated carbocycles. The van der Waals surface area contributed by atoms with Crippen LogP contribution in [0.1, 0.15) is 6.92 Å². The minimum Gasteiger partial charge on any atom is -0.491 e. The molecule has 0 unspecified atom stereocenters. The van der Waals surface area contributed by atoms with Crippen LogP contribution in [-0.2, 0) is 0 Å². The summed E-state index contributed by atoms with van der Waals surface area (Å²) >= 11 is 0. The smallest absolute Gasteiger partial charge is 0.317 e. The number of nitrogens with zero attached hydrogens (tertiary/aromatic N) is 1. The Bertz CT molecular complexity index is 420. The summed E-state index contributed by atoms with van der Waals surface area (Å²) < 4.78 is 18.1. The van der Waals surface area contributed by atoms with E-state index in [2.05, 4.69) is 11.9 Å². The Morgan fingerprint density at radius 3 is 2.74 bits per heavy atom. The molecule has 0 heterocycles. The number of rotatable bonds is 6. The summed E-state index contributed by atoms with van der Waals surface area (Å²) in [6, 6.07) is 5.42. The van der Waals surface area contributed by atoms with Crippen molar-refractivity contribution in [2.75, 3.05) is 20.2 Å². The van der Waals surface area contributed by atoms with Crippen LogP contribution in [0, 0.1) is 5.82 Å². The van der Waals surface area contributed by atoms with Crippen molar-refractivity contribution in [3.63, 3.8) is 0 Å². The van der Waals surface area contributed by atoms with E-state index in [-0.39, 0.29) is 17.9 Å². The Kier molecular flexibility index (Phi) is 5.85. The highest BCUT2D eigenvalue weighted by Gasteiger charge is 2.11. The second kappa shape index (κ2) is 7.41. The Hall–Kier alpha value is -2.04. The van der Waals surface area contributed by atoms with Gasteiger partial charge in [-0.2, -0.15) is 0 Å². The molecule has 0 bridgehead atoms. The molecule has 0 aliphatic heterocycles. The molecule has 1 aromatic carbocycles. The molecule has 104 valence electrons. The number of amides is 2. The number of likely N-dealkylation sites (N-methyl/N-ethyl adjacent to an activating group) is 1. The topological polar surface area (TPSA) is 41.6 Å². The van der Waals surface area contributed by atoms with Gasteiger partial charge in [0.25, 0.3) is 0 Å². The Morgan fingerprint density at radius 2 is 2.16 bits per heavy atom. The third kappa shape index (κ3) is 5.42. The van der Waals surface area contributed by atoms with Crippen molar-refractivity contribution in [1.29, 1.82) is 0 Å². The lowest BCUT2D eigenvalue weighted by molar-refractivity contribution is 0.201. The largest absolute Gasteiger partial charge is 0.491 e. The van der Waals surface area contributed by atoms with Gasteiger partial charge < -0.3 is 15.0 Å². The minimum atomic E-state index is -0.306. The number of ether oxygens (including phenoxy) is 1. The average molecular weight is 266 g/mol. The summed E-state index contributed by atoms with van der Waals surface area (Å²) in [6.07, 6.45) is 1.65. The van der Waals surface area contributed by atoms with E-state index in [1.54, 1.807) is 25.3 Å². The highest BCUT2D eigenvalue weighted by atomic mass is 19.1. The number of nitrogens with one attached hydrogen (secondary N) is 1. The Morgan fingerprint density at radius 1 is 1.53 bits per heavy atom. The van der Waals surface area contributed by atoms with Crippen LogP contribution in [0.3, 0.4) is 0 Å². The summed E-state index contributed by atoms with van der Waals surface area (Å²) in [7, 11) is 1.69. The normalized spacial score (nSPS) is 11.5. The average Bonchev–Trinajstić information content (AvgIpc) is 2.38. The fraction of sp³-hybridized carbons (Fsp3) is 0.357. The summed E-state index contributed by atoms with van der Waals surface area (Å²) in [5.41, 5.74) is 0. The third-order valence-electron chi connectivity index (χ3n) is 2.43. The highest BCUT2D eigenvalue weighted by molar-refractivity contribution is 5.74. The van der Waals surface area contributed by atoms with Gasteiger partial charge in [0.2, 0.25) is 0 Å². The van der Waals surface area contributed by atoms with Crippen LogP contribution >= 0.6 is 0 Å². The molecule has 0 radical (unpaired) electrons. The zero-order valence-electron chi connectivity index (χ0n) is 11.2. The lowest BCUT2D eigenvalue weighted by Gasteiger charge is -2.20. The Labute approximate surface area is 112 Å². The maximum atomic E-state index is 12.7. The first-order valence-electron chi connectivity index (χ1n) is 6.04. The fourth-order valence-electron chi connectivity index (χ4n) is 1.39. The van der Waals surface area contributed by atoms with Gasteiger partial charge in [-0.15, -0.1) is 6.58 Å². The fourth-order valence-corrected chi connectivity index (χ4v) is 1.39. The monoisotopic (exact) mass is 266 g/mol. The van der Waals surface area contributed by atoms with E-state index in [0.717, 1.165) is 0 Å². The molecule has 0 spiro atoms. The van der Waals surface area contributed by atoms with Gasteiger partial charge in [0.1, 0.15) is 18.2 Å². The molecule has 1 aromatic rings. The predicted molar refractivity (Wildman–Crippen MR) is 72.7 cm³/mol. The molecule has 1 N–H and O–H groups in total. The third-order valence-corrected chi connectivity index (χ3v) is 2.43. The first-order chi connectivity index (χ1) is 9.02. The summed E-state index contributed by atoms with van der Waals surface area (Å²) in [4.78, 5) is 13.2. The number of halogens is 1. The first kappa shape index (κ1) is 15.0. The van der Waals surface area contributed by atoms with Crippen molar-refractivity contribution in [3.8, 4) is 5.75 Å².